The Kier molecular flexibility index (Phi) is 5.49. The van der Waals surface area contributed by atoms with E-state index in [-0.39, 0.29) is 5.82 Å². The van der Waals surface area contributed by atoms with Gasteiger partial charge < -0.3 is 0 Å². The summed E-state index contributed by atoms with van der Waals surface area (Å²) in [6.07, 6.45) is 5.29. The van der Waals surface area contributed by atoms with Gasteiger partial charge in [0.05, 0.1) is 0 Å². The molecular weight excluding hydrogens is 331 g/mol. The van der Waals surface area contributed by atoms with E-state index >= 15 is 0 Å². The number of hydrogen-bond donors (Lipinski definition) is 0. The number of nitrogens with zero attached hydrogens (tertiary/aromatic N) is 2. The molecule has 2 saturated heterocycles. The van der Waals surface area contributed by atoms with Crippen molar-refractivity contribution in [3.8, 4) is 0 Å². The largest absolute Gasteiger partial charge is 0.299 e. The molecule has 0 bridgehead atoms. The predicted molar refractivity (Wildman–Crippen MR) is 102 cm³/mol. The Bertz CT molecular complexity index is 675. The van der Waals surface area contributed by atoms with Crippen molar-refractivity contribution >= 4 is 11.3 Å². The summed E-state index contributed by atoms with van der Waals surface area (Å²) in [5, 5.41) is 2.34. The summed E-state index contributed by atoms with van der Waals surface area (Å²) < 4.78 is 13.1. The number of benzene rings is 1. The number of likely N-dealkylation sites (tertiary alicyclic amines) is 2. The van der Waals surface area contributed by atoms with Gasteiger partial charge in [0.1, 0.15) is 5.82 Å². The van der Waals surface area contributed by atoms with Gasteiger partial charge in [0.15, 0.2) is 0 Å². The summed E-state index contributed by atoms with van der Waals surface area (Å²) in [5.74, 6) is 0.409. The van der Waals surface area contributed by atoms with Gasteiger partial charge in [-0.05, 0) is 79.5 Å². The van der Waals surface area contributed by atoms with Crippen molar-refractivity contribution in [3.63, 3.8) is 0 Å². The van der Waals surface area contributed by atoms with Crippen LogP contribution in [0.15, 0.2) is 35.7 Å². The van der Waals surface area contributed by atoms with Crippen LogP contribution >= 0.6 is 11.3 Å². The number of piperidine rings is 1. The van der Waals surface area contributed by atoms with Crippen molar-refractivity contribution in [2.75, 3.05) is 26.2 Å². The molecule has 3 heterocycles. The second-order valence-electron chi connectivity index (χ2n) is 7.53. The highest BCUT2D eigenvalue weighted by molar-refractivity contribution is 7.10. The molecular formula is C21H27FN2S. The third-order valence-electron chi connectivity index (χ3n) is 5.56. The van der Waals surface area contributed by atoms with Crippen LogP contribution in [-0.4, -0.2) is 36.0 Å². The smallest absolute Gasteiger partial charge is 0.123 e. The SMILES string of the molecule is Fc1ccc(C2CCN(Cc3cc(CN4CCCCC4)cs3)C2)cc1. The topological polar surface area (TPSA) is 6.48 Å². The van der Waals surface area contributed by atoms with Gasteiger partial charge in [-0.1, -0.05) is 18.6 Å². The molecule has 2 aliphatic rings. The summed E-state index contributed by atoms with van der Waals surface area (Å²) in [5.41, 5.74) is 2.76. The number of thiophene rings is 1. The van der Waals surface area contributed by atoms with Crippen molar-refractivity contribution in [1.29, 1.82) is 0 Å². The normalized spacial score (nSPS) is 22.5. The van der Waals surface area contributed by atoms with Crippen molar-refractivity contribution in [3.05, 3.63) is 57.5 Å². The van der Waals surface area contributed by atoms with Gasteiger partial charge in [-0.3, -0.25) is 9.80 Å². The van der Waals surface area contributed by atoms with Crippen molar-refractivity contribution in [1.82, 2.24) is 9.80 Å². The Morgan fingerprint density at radius 3 is 2.56 bits per heavy atom. The quantitative estimate of drug-likeness (QED) is 0.753. The number of hydrogen-bond acceptors (Lipinski definition) is 3. The fourth-order valence-corrected chi connectivity index (χ4v) is 5.09. The van der Waals surface area contributed by atoms with Gasteiger partial charge >= 0.3 is 0 Å². The molecule has 2 nitrogen and oxygen atoms in total. The van der Waals surface area contributed by atoms with Crippen LogP contribution < -0.4 is 0 Å². The molecule has 2 fully saturated rings. The molecule has 1 atom stereocenters. The molecule has 1 unspecified atom stereocenters. The van der Waals surface area contributed by atoms with Gasteiger partial charge in [0.25, 0.3) is 0 Å². The van der Waals surface area contributed by atoms with E-state index in [2.05, 4.69) is 21.2 Å². The Morgan fingerprint density at radius 2 is 1.76 bits per heavy atom. The lowest BCUT2D eigenvalue weighted by Gasteiger charge is -2.25. The van der Waals surface area contributed by atoms with E-state index < -0.39 is 0 Å². The lowest BCUT2D eigenvalue weighted by atomic mass is 9.99. The van der Waals surface area contributed by atoms with E-state index in [1.54, 1.807) is 12.1 Å². The summed E-state index contributed by atoms with van der Waals surface area (Å²) in [7, 11) is 0. The minimum Gasteiger partial charge on any atom is -0.299 e. The molecule has 134 valence electrons. The monoisotopic (exact) mass is 358 g/mol. The minimum absolute atomic E-state index is 0.140. The predicted octanol–water partition coefficient (Wildman–Crippen LogP) is 4.86. The highest BCUT2D eigenvalue weighted by atomic mass is 32.1. The van der Waals surface area contributed by atoms with Crippen LogP contribution in [-0.2, 0) is 13.1 Å². The van der Waals surface area contributed by atoms with Crippen LogP contribution in [0.2, 0.25) is 0 Å². The number of rotatable bonds is 5. The highest BCUT2D eigenvalue weighted by Gasteiger charge is 2.24. The van der Waals surface area contributed by atoms with Crippen molar-refractivity contribution in [2.24, 2.45) is 0 Å². The molecule has 2 aromatic rings. The Hall–Kier alpha value is -1.23. The zero-order valence-electron chi connectivity index (χ0n) is 14.8. The van der Waals surface area contributed by atoms with Crippen molar-refractivity contribution < 1.29 is 4.39 Å². The van der Waals surface area contributed by atoms with Gasteiger partial charge in [-0.25, -0.2) is 4.39 Å². The molecule has 0 N–H and O–H groups in total. The molecule has 1 aromatic heterocycles. The van der Waals surface area contributed by atoms with Gasteiger partial charge in [0, 0.05) is 24.5 Å². The third-order valence-corrected chi connectivity index (χ3v) is 6.53. The summed E-state index contributed by atoms with van der Waals surface area (Å²) in [6.45, 7) is 6.93. The minimum atomic E-state index is -0.140. The van der Waals surface area contributed by atoms with Crippen LogP contribution in [0.4, 0.5) is 4.39 Å². The maximum atomic E-state index is 13.1. The van der Waals surface area contributed by atoms with Crippen LogP contribution in [0.1, 0.15) is 47.6 Å². The van der Waals surface area contributed by atoms with Crippen LogP contribution in [0.25, 0.3) is 0 Å². The lowest BCUT2D eigenvalue weighted by Crippen LogP contribution is -2.28. The summed E-state index contributed by atoms with van der Waals surface area (Å²) in [6, 6.07) is 9.48. The second kappa shape index (κ2) is 7.98. The first-order valence-electron chi connectivity index (χ1n) is 9.53. The van der Waals surface area contributed by atoms with Gasteiger partial charge in [-0.15, -0.1) is 11.3 Å². The van der Waals surface area contributed by atoms with Crippen LogP contribution in [0, 0.1) is 5.82 Å². The van der Waals surface area contributed by atoms with Crippen molar-refractivity contribution in [2.45, 2.75) is 44.7 Å². The molecule has 0 radical (unpaired) electrons. The third kappa shape index (κ3) is 4.49. The first-order chi connectivity index (χ1) is 12.3. The van der Waals surface area contributed by atoms with E-state index in [4.69, 9.17) is 0 Å². The molecule has 0 saturated carbocycles. The first-order valence-corrected chi connectivity index (χ1v) is 10.4. The Balaban J connectivity index is 1.30. The molecule has 2 aliphatic heterocycles. The second-order valence-corrected chi connectivity index (χ2v) is 8.53. The molecule has 25 heavy (non-hydrogen) atoms. The highest BCUT2D eigenvalue weighted by Crippen LogP contribution is 2.29. The number of halogens is 1. The Labute approximate surface area is 154 Å². The summed E-state index contributed by atoms with van der Waals surface area (Å²) >= 11 is 1.91. The fourth-order valence-electron chi connectivity index (χ4n) is 4.17. The zero-order chi connectivity index (χ0) is 17.1. The maximum absolute atomic E-state index is 13.1. The van der Waals surface area contributed by atoms with E-state index in [0.717, 1.165) is 26.2 Å². The van der Waals surface area contributed by atoms with E-state index in [0.29, 0.717) is 5.92 Å². The average Bonchev–Trinajstić information content (AvgIpc) is 3.27. The van der Waals surface area contributed by atoms with Crippen LogP contribution in [0.3, 0.4) is 0 Å². The van der Waals surface area contributed by atoms with E-state index in [1.807, 2.05) is 23.5 Å². The molecule has 4 heteroatoms. The summed E-state index contributed by atoms with van der Waals surface area (Å²) in [4.78, 5) is 6.62. The fraction of sp³-hybridized carbons (Fsp3) is 0.524. The van der Waals surface area contributed by atoms with E-state index in [9.17, 15) is 4.39 Å². The molecule has 4 rings (SSSR count). The first kappa shape index (κ1) is 17.2. The molecule has 0 spiro atoms. The lowest BCUT2D eigenvalue weighted by molar-refractivity contribution is 0.221. The average molecular weight is 359 g/mol. The van der Waals surface area contributed by atoms with E-state index in [1.165, 1.54) is 54.8 Å². The maximum Gasteiger partial charge on any atom is 0.123 e. The van der Waals surface area contributed by atoms with Gasteiger partial charge in [0.2, 0.25) is 0 Å². The standard InChI is InChI=1S/C21H27FN2S/c22-20-6-4-18(5-7-20)19-8-11-24(14-19)15-21-12-17(16-25-21)13-23-9-2-1-3-10-23/h4-7,12,16,19H,1-3,8-11,13-15H2. The van der Waals surface area contributed by atoms with Gasteiger partial charge in [-0.2, -0.15) is 0 Å². The molecule has 0 aliphatic carbocycles. The Morgan fingerprint density at radius 1 is 0.960 bits per heavy atom. The zero-order valence-corrected chi connectivity index (χ0v) is 15.6. The van der Waals surface area contributed by atoms with Crippen LogP contribution in [0.5, 0.6) is 0 Å². The molecule has 0 amide bonds. The molecule has 1 aromatic carbocycles.